The lowest BCUT2D eigenvalue weighted by molar-refractivity contribution is 0.240. The summed E-state index contributed by atoms with van der Waals surface area (Å²) in [4.78, 5) is 11.3. The number of carbonyl (C=O) groups excluding carboxylic acids is 1. The first-order valence-corrected chi connectivity index (χ1v) is 7.04. The fraction of sp³-hybridized carbons (Fsp3) is 0.923. The van der Waals surface area contributed by atoms with Gasteiger partial charge in [0.2, 0.25) is 0 Å². The van der Waals surface area contributed by atoms with Gasteiger partial charge in [0.1, 0.15) is 0 Å². The molecule has 0 aromatic rings. The lowest BCUT2D eigenvalue weighted by Crippen LogP contribution is -2.36. The van der Waals surface area contributed by atoms with E-state index < -0.39 is 0 Å². The minimum atomic E-state index is -0.0979. The van der Waals surface area contributed by atoms with Gasteiger partial charge in [0.25, 0.3) is 0 Å². The second-order valence-corrected chi connectivity index (χ2v) is 4.46. The average molecular weight is 260 g/mol. The Morgan fingerprint density at radius 3 is 1.44 bits per heavy atom. The SMILES string of the molecule is O=C(NCCCCCCO)NCCCCCCO. The number of urea groups is 1. The van der Waals surface area contributed by atoms with Gasteiger partial charge in [-0.2, -0.15) is 0 Å². The van der Waals surface area contributed by atoms with Crippen LogP contribution in [0, 0.1) is 0 Å². The van der Waals surface area contributed by atoms with Crippen LogP contribution in [0.15, 0.2) is 0 Å². The van der Waals surface area contributed by atoms with Gasteiger partial charge in [-0.15, -0.1) is 0 Å². The molecule has 0 atom stereocenters. The van der Waals surface area contributed by atoms with Gasteiger partial charge in [-0.05, 0) is 25.7 Å². The molecule has 4 N–H and O–H groups in total. The average Bonchev–Trinajstić information content (AvgIpc) is 2.38. The summed E-state index contributed by atoms with van der Waals surface area (Å²) in [7, 11) is 0. The first-order valence-electron chi connectivity index (χ1n) is 7.04. The largest absolute Gasteiger partial charge is 0.396 e. The monoisotopic (exact) mass is 260 g/mol. The van der Waals surface area contributed by atoms with Crippen LogP contribution in [0.3, 0.4) is 0 Å². The summed E-state index contributed by atoms with van der Waals surface area (Å²) in [5, 5.41) is 22.8. The second-order valence-electron chi connectivity index (χ2n) is 4.46. The maximum absolute atomic E-state index is 11.3. The predicted molar refractivity (Wildman–Crippen MR) is 72.5 cm³/mol. The minimum Gasteiger partial charge on any atom is -0.396 e. The molecule has 18 heavy (non-hydrogen) atoms. The van der Waals surface area contributed by atoms with Crippen molar-refractivity contribution >= 4 is 6.03 Å². The molecule has 2 amide bonds. The lowest BCUT2D eigenvalue weighted by atomic mass is 10.2. The van der Waals surface area contributed by atoms with Crippen LogP contribution < -0.4 is 10.6 Å². The Bertz CT molecular complexity index is 171. The van der Waals surface area contributed by atoms with E-state index in [2.05, 4.69) is 10.6 Å². The Labute approximate surface area is 110 Å². The maximum atomic E-state index is 11.3. The Morgan fingerprint density at radius 1 is 0.667 bits per heavy atom. The number of nitrogens with one attached hydrogen (secondary N) is 2. The van der Waals surface area contributed by atoms with Gasteiger partial charge >= 0.3 is 6.03 Å². The molecule has 0 spiro atoms. The predicted octanol–water partition coefficient (Wildman–Crippen LogP) is 1.39. The van der Waals surface area contributed by atoms with Crippen molar-refractivity contribution in [3.05, 3.63) is 0 Å². The molecule has 0 aromatic carbocycles. The van der Waals surface area contributed by atoms with Gasteiger partial charge in [-0.1, -0.05) is 25.7 Å². The van der Waals surface area contributed by atoms with E-state index in [1.807, 2.05) is 0 Å². The van der Waals surface area contributed by atoms with Crippen molar-refractivity contribution in [1.29, 1.82) is 0 Å². The number of aliphatic hydroxyl groups excluding tert-OH is 2. The highest BCUT2D eigenvalue weighted by molar-refractivity contribution is 5.73. The normalized spacial score (nSPS) is 10.3. The summed E-state index contributed by atoms with van der Waals surface area (Å²) >= 11 is 0. The molecule has 108 valence electrons. The Hall–Kier alpha value is -0.810. The second kappa shape index (κ2) is 14.3. The van der Waals surface area contributed by atoms with Crippen molar-refractivity contribution in [2.75, 3.05) is 26.3 Å². The molecule has 0 aliphatic heterocycles. The van der Waals surface area contributed by atoms with Crippen LogP contribution in [0.4, 0.5) is 4.79 Å². The van der Waals surface area contributed by atoms with Gasteiger partial charge in [0, 0.05) is 26.3 Å². The molecule has 0 unspecified atom stereocenters. The van der Waals surface area contributed by atoms with Crippen molar-refractivity contribution < 1.29 is 15.0 Å². The van der Waals surface area contributed by atoms with E-state index in [0.717, 1.165) is 51.4 Å². The molecule has 0 radical (unpaired) electrons. The third kappa shape index (κ3) is 13.3. The van der Waals surface area contributed by atoms with E-state index in [4.69, 9.17) is 10.2 Å². The Kier molecular flexibility index (Phi) is 13.6. The summed E-state index contributed by atoms with van der Waals surface area (Å²) in [6, 6.07) is -0.0979. The van der Waals surface area contributed by atoms with Crippen LogP contribution in [0.25, 0.3) is 0 Å². The molecule has 0 heterocycles. The van der Waals surface area contributed by atoms with E-state index in [1.54, 1.807) is 0 Å². The number of carbonyl (C=O) groups is 1. The zero-order chi connectivity index (χ0) is 13.5. The van der Waals surface area contributed by atoms with Crippen molar-refractivity contribution in [1.82, 2.24) is 10.6 Å². The number of hydrogen-bond donors (Lipinski definition) is 4. The molecule has 0 bridgehead atoms. The molecular formula is C13H28N2O3. The van der Waals surface area contributed by atoms with Gasteiger partial charge in [0.05, 0.1) is 0 Å². The number of unbranched alkanes of at least 4 members (excludes halogenated alkanes) is 6. The molecule has 0 aliphatic carbocycles. The highest BCUT2D eigenvalue weighted by Crippen LogP contribution is 1.98. The van der Waals surface area contributed by atoms with Crippen molar-refractivity contribution in [2.45, 2.75) is 51.4 Å². The van der Waals surface area contributed by atoms with Gasteiger partial charge in [0.15, 0.2) is 0 Å². The van der Waals surface area contributed by atoms with Crippen molar-refractivity contribution in [3.8, 4) is 0 Å². The quantitative estimate of drug-likeness (QED) is 0.400. The molecule has 5 heteroatoms. The zero-order valence-electron chi connectivity index (χ0n) is 11.3. The number of amides is 2. The van der Waals surface area contributed by atoms with E-state index in [0.29, 0.717) is 13.1 Å². The lowest BCUT2D eigenvalue weighted by Gasteiger charge is -2.07. The highest BCUT2D eigenvalue weighted by Gasteiger charge is 1.98. The molecule has 0 saturated carbocycles. The minimum absolute atomic E-state index is 0.0979. The fourth-order valence-corrected chi connectivity index (χ4v) is 1.65. The first-order chi connectivity index (χ1) is 8.81. The van der Waals surface area contributed by atoms with Gasteiger partial charge < -0.3 is 20.8 Å². The van der Waals surface area contributed by atoms with Crippen LogP contribution in [-0.4, -0.2) is 42.5 Å². The third-order valence-electron chi connectivity index (χ3n) is 2.74. The zero-order valence-corrected chi connectivity index (χ0v) is 11.3. The maximum Gasteiger partial charge on any atom is 0.314 e. The Balaban J connectivity index is 3.12. The van der Waals surface area contributed by atoms with E-state index in [1.165, 1.54) is 0 Å². The van der Waals surface area contributed by atoms with Crippen molar-refractivity contribution in [3.63, 3.8) is 0 Å². The van der Waals surface area contributed by atoms with Crippen LogP contribution in [-0.2, 0) is 0 Å². The number of hydrogen-bond acceptors (Lipinski definition) is 3. The van der Waals surface area contributed by atoms with Gasteiger partial charge in [-0.3, -0.25) is 0 Å². The molecule has 0 rings (SSSR count). The summed E-state index contributed by atoms with van der Waals surface area (Å²) in [5.41, 5.74) is 0. The van der Waals surface area contributed by atoms with Crippen LogP contribution in [0.5, 0.6) is 0 Å². The van der Waals surface area contributed by atoms with Crippen LogP contribution in [0.2, 0.25) is 0 Å². The Morgan fingerprint density at radius 2 is 1.06 bits per heavy atom. The van der Waals surface area contributed by atoms with E-state index >= 15 is 0 Å². The fourth-order valence-electron chi connectivity index (χ4n) is 1.65. The van der Waals surface area contributed by atoms with Crippen molar-refractivity contribution in [2.24, 2.45) is 0 Å². The molecule has 0 saturated heterocycles. The summed E-state index contributed by atoms with van der Waals surface area (Å²) in [6.45, 7) is 1.90. The molecular weight excluding hydrogens is 232 g/mol. The summed E-state index contributed by atoms with van der Waals surface area (Å²) in [6.07, 6.45) is 7.74. The molecule has 5 nitrogen and oxygen atoms in total. The molecule has 0 aromatic heterocycles. The van der Waals surface area contributed by atoms with Crippen LogP contribution >= 0.6 is 0 Å². The molecule has 0 fully saturated rings. The highest BCUT2D eigenvalue weighted by atomic mass is 16.3. The van der Waals surface area contributed by atoms with Gasteiger partial charge in [-0.25, -0.2) is 4.79 Å². The third-order valence-corrected chi connectivity index (χ3v) is 2.74. The van der Waals surface area contributed by atoms with E-state index in [9.17, 15) is 4.79 Å². The summed E-state index contributed by atoms with van der Waals surface area (Å²) in [5.74, 6) is 0. The summed E-state index contributed by atoms with van der Waals surface area (Å²) < 4.78 is 0. The smallest absolute Gasteiger partial charge is 0.314 e. The number of rotatable bonds is 12. The number of aliphatic hydroxyl groups is 2. The standard InChI is InChI=1S/C13H28N2O3/c16-11-7-3-1-5-9-14-13(18)15-10-6-2-4-8-12-17/h16-17H,1-12H2,(H2,14,15,18). The van der Waals surface area contributed by atoms with E-state index in [-0.39, 0.29) is 19.2 Å². The van der Waals surface area contributed by atoms with Crippen LogP contribution in [0.1, 0.15) is 51.4 Å². The topological polar surface area (TPSA) is 81.6 Å². The molecule has 0 aliphatic rings. The first kappa shape index (κ1) is 17.2.